The molecule has 3 N–H and O–H groups in total. The summed E-state index contributed by atoms with van der Waals surface area (Å²) in [5.41, 5.74) is 0. The van der Waals surface area contributed by atoms with Crippen LogP contribution >= 0.6 is 15.6 Å². The highest BCUT2D eigenvalue weighted by molar-refractivity contribution is 7.47. The number of aliphatic hydroxyl groups excluding tert-OH is 1. The zero-order valence-corrected chi connectivity index (χ0v) is 63.0. The molecular weight excluding hydrogens is 1280 g/mol. The van der Waals surface area contributed by atoms with E-state index in [4.69, 9.17) is 37.0 Å². The van der Waals surface area contributed by atoms with Crippen molar-refractivity contribution in [3.05, 3.63) is 122 Å². The van der Waals surface area contributed by atoms with Gasteiger partial charge in [-0.25, -0.2) is 9.13 Å². The molecule has 0 heterocycles. The van der Waals surface area contributed by atoms with Crippen molar-refractivity contribution in [3.8, 4) is 0 Å². The van der Waals surface area contributed by atoms with Gasteiger partial charge in [-0.1, -0.05) is 258 Å². The number of phosphoric acid groups is 2. The Hall–Kier alpha value is -4.54. The average Bonchev–Trinajstić information content (AvgIpc) is 0.959. The van der Waals surface area contributed by atoms with Crippen LogP contribution in [0, 0.1) is 0 Å². The molecule has 5 atom stereocenters. The first-order chi connectivity index (χ1) is 47.7. The monoisotopic (exact) mass is 1420 g/mol. The van der Waals surface area contributed by atoms with Crippen LogP contribution in [-0.4, -0.2) is 96.7 Å². The third-order valence-corrected chi connectivity index (χ3v) is 17.3. The molecule has 0 saturated carbocycles. The van der Waals surface area contributed by atoms with E-state index in [0.717, 1.165) is 161 Å². The summed E-state index contributed by atoms with van der Waals surface area (Å²) in [6.45, 7) is 4.50. The van der Waals surface area contributed by atoms with Crippen LogP contribution in [0.25, 0.3) is 0 Å². The predicted molar refractivity (Wildman–Crippen MR) is 399 cm³/mol. The summed E-state index contributed by atoms with van der Waals surface area (Å²) in [6.07, 6.45) is 76.5. The highest BCUT2D eigenvalue weighted by Crippen LogP contribution is 2.45. The maximum atomic E-state index is 13.1. The van der Waals surface area contributed by atoms with Gasteiger partial charge in [0.15, 0.2) is 12.2 Å². The molecule has 0 amide bonds. The lowest BCUT2D eigenvalue weighted by Gasteiger charge is -2.21. The van der Waals surface area contributed by atoms with E-state index < -0.39 is 97.5 Å². The lowest BCUT2D eigenvalue weighted by Crippen LogP contribution is -2.30. The van der Waals surface area contributed by atoms with Crippen LogP contribution in [0.1, 0.15) is 297 Å². The van der Waals surface area contributed by atoms with E-state index in [1.165, 1.54) is 57.8 Å². The zero-order chi connectivity index (χ0) is 71.8. The molecule has 562 valence electrons. The highest BCUT2D eigenvalue weighted by Gasteiger charge is 2.30. The Morgan fingerprint density at radius 3 is 0.980 bits per heavy atom. The first-order valence-electron chi connectivity index (χ1n) is 37.8. The molecule has 0 aromatic carbocycles. The molecule has 0 spiro atoms. The number of hydrogen-bond acceptors (Lipinski definition) is 15. The summed E-state index contributed by atoms with van der Waals surface area (Å²) in [4.78, 5) is 72.7. The molecule has 0 aliphatic rings. The van der Waals surface area contributed by atoms with Crippen molar-refractivity contribution in [2.75, 3.05) is 39.6 Å². The third kappa shape index (κ3) is 69.9. The smallest absolute Gasteiger partial charge is 0.462 e. The van der Waals surface area contributed by atoms with Crippen molar-refractivity contribution in [3.63, 3.8) is 0 Å². The third-order valence-electron chi connectivity index (χ3n) is 15.4. The summed E-state index contributed by atoms with van der Waals surface area (Å²) in [5, 5.41) is 10.6. The number of phosphoric ester groups is 2. The summed E-state index contributed by atoms with van der Waals surface area (Å²) in [5.74, 6) is -2.36. The number of hydrogen-bond donors (Lipinski definition) is 3. The molecule has 0 aromatic heterocycles. The van der Waals surface area contributed by atoms with Gasteiger partial charge < -0.3 is 33.8 Å². The lowest BCUT2D eigenvalue weighted by atomic mass is 10.1. The topological polar surface area (TPSA) is 237 Å². The van der Waals surface area contributed by atoms with E-state index in [9.17, 15) is 43.2 Å². The molecule has 0 fully saturated rings. The minimum Gasteiger partial charge on any atom is -0.462 e. The molecular formula is C79H134O17P2. The summed E-state index contributed by atoms with van der Waals surface area (Å²) in [7, 11) is -9.98. The number of esters is 4. The molecule has 19 heteroatoms. The Morgan fingerprint density at radius 2 is 0.592 bits per heavy atom. The van der Waals surface area contributed by atoms with Crippen LogP contribution in [0.2, 0.25) is 0 Å². The van der Waals surface area contributed by atoms with Gasteiger partial charge in [0, 0.05) is 19.3 Å². The van der Waals surface area contributed by atoms with Crippen LogP contribution in [-0.2, 0) is 65.4 Å². The Kier molecular flexibility index (Phi) is 67.6. The number of ether oxygens (including phenoxy) is 4. The number of rotatable bonds is 70. The van der Waals surface area contributed by atoms with Crippen LogP contribution in [0.5, 0.6) is 0 Å². The fourth-order valence-corrected chi connectivity index (χ4v) is 11.2. The second-order valence-electron chi connectivity index (χ2n) is 24.9. The molecule has 0 bridgehead atoms. The van der Waals surface area contributed by atoms with Crippen molar-refractivity contribution in [1.29, 1.82) is 0 Å². The Balaban J connectivity index is 5.44. The minimum atomic E-state index is -5.00. The van der Waals surface area contributed by atoms with Crippen molar-refractivity contribution in [1.82, 2.24) is 0 Å². The first kappa shape index (κ1) is 93.5. The second kappa shape index (κ2) is 70.9. The number of carbonyl (C=O) groups is 4. The van der Waals surface area contributed by atoms with Gasteiger partial charge in [-0.3, -0.25) is 37.3 Å². The van der Waals surface area contributed by atoms with Crippen LogP contribution < -0.4 is 0 Å². The van der Waals surface area contributed by atoms with Gasteiger partial charge >= 0.3 is 39.5 Å². The summed E-state index contributed by atoms with van der Waals surface area (Å²) >= 11 is 0. The number of aliphatic hydroxyl groups is 1. The molecule has 5 unspecified atom stereocenters. The van der Waals surface area contributed by atoms with E-state index in [0.29, 0.717) is 25.7 Å². The van der Waals surface area contributed by atoms with Crippen molar-refractivity contribution < 1.29 is 80.2 Å². The predicted octanol–water partition coefficient (Wildman–Crippen LogP) is 21.6. The quantitative estimate of drug-likeness (QED) is 0.0169. The maximum absolute atomic E-state index is 13.1. The molecule has 0 aromatic rings. The molecule has 98 heavy (non-hydrogen) atoms. The fourth-order valence-electron chi connectivity index (χ4n) is 9.65. The van der Waals surface area contributed by atoms with E-state index in [2.05, 4.69) is 125 Å². The first-order valence-corrected chi connectivity index (χ1v) is 40.8. The normalized spacial score (nSPS) is 14.6. The SMILES string of the molecule is CC/C=C\C/C=C\C/C=C\C/C=C\C/C=C\CC(=O)OCC(COP(=O)(O)OCC(O)COP(=O)(O)OCC(COC(=O)CCCCCCC/C=C\C/C=C\CCCCC)OC(=O)CCCCCCC/C=C\CCCCCCCC)OC(=O)CCCCCCC/C=C\C/C=C\CCC. The highest BCUT2D eigenvalue weighted by atomic mass is 31.2. The minimum absolute atomic E-state index is 0.0565. The van der Waals surface area contributed by atoms with E-state index in [1.54, 1.807) is 6.08 Å². The van der Waals surface area contributed by atoms with Crippen LogP contribution in [0.15, 0.2) is 122 Å². The molecule has 0 saturated heterocycles. The van der Waals surface area contributed by atoms with E-state index in [-0.39, 0.29) is 25.7 Å². The van der Waals surface area contributed by atoms with Crippen molar-refractivity contribution in [2.24, 2.45) is 0 Å². The van der Waals surface area contributed by atoms with E-state index >= 15 is 0 Å². The summed E-state index contributed by atoms with van der Waals surface area (Å²) < 4.78 is 68.3. The Bertz CT molecular complexity index is 2340. The molecule has 17 nitrogen and oxygen atoms in total. The largest absolute Gasteiger partial charge is 0.472 e. The van der Waals surface area contributed by atoms with Gasteiger partial charge in [0.05, 0.1) is 32.8 Å². The lowest BCUT2D eigenvalue weighted by molar-refractivity contribution is -0.161. The van der Waals surface area contributed by atoms with Gasteiger partial charge in [0.2, 0.25) is 0 Å². The number of unbranched alkanes of at least 4 members (excludes halogenated alkanes) is 25. The Labute approximate surface area is 593 Å². The zero-order valence-electron chi connectivity index (χ0n) is 61.2. The van der Waals surface area contributed by atoms with Gasteiger partial charge in [-0.15, -0.1) is 0 Å². The number of allylic oxidation sites excluding steroid dienone is 19. The van der Waals surface area contributed by atoms with Gasteiger partial charge in [-0.2, -0.15) is 0 Å². The standard InChI is InChI=1S/C79H134O17P2/c1-5-9-13-17-21-25-29-33-36-40-43-47-51-55-59-63-76(81)89-69-74(95-78(83)65-61-57-53-49-45-39-32-28-24-20-16-12-8-4)71-93-97(85,86)91-67-73(80)68-92-98(87,88)94-72-75(96-79(84)66-62-58-54-50-46-42-38-35-31-27-23-19-15-11-7-3)70-90-77(82)64-60-56-52-48-44-41-37-34-30-26-22-18-14-10-6-2/h9,13,16,20-22,25-26,28,32-38,43,47,55,59,73-75,80H,5-8,10-12,14-15,17-19,23-24,27,29-31,39-42,44-46,48-54,56-58,60-72H2,1-4H3,(H,85,86)(H,87,88)/b13-9-,20-16-,25-21-,26-22-,32-28-,36-33-,37-34-,38-35-,47-43-,59-55-. The fraction of sp³-hybridized carbons (Fsp3) is 0.696. The van der Waals surface area contributed by atoms with Crippen LogP contribution in [0.3, 0.4) is 0 Å². The van der Waals surface area contributed by atoms with Gasteiger partial charge in [0.1, 0.15) is 19.3 Å². The van der Waals surface area contributed by atoms with Crippen LogP contribution in [0.4, 0.5) is 0 Å². The average molecular weight is 1420 g/mol. The number of carbonyl (C=O) groups excluding carboxylic acids is 4. The summed E-state index contributed by atoms with van der Waals surface area (Å²) in [6, 6.07) is 0. The van der Waals surface area contributed by atoms with Crippen molar-refractivity contribution in [2.45, 2.75) is 316 Å². The maximum Gasteiger partial charge on any atom is 0.472 e. The van der Waals surface area contributed by atoms with Crippen molar-refractivity contribution >= 4 is 39.5 Å². The van der Waals surface area contributed by atoms with Gasteiger partial charge in [0.25, 0.3) is 0 Å². The molecule has 0 radical (unpaired) electrons. The second-order valence-corrected chi connectivity index (χ2v) is 27.8. The molecule has 0 aliphatic heterocycles. The van der Waals surface area contributed by atoms with E-state index in [1.807, 2.05) is 18.2 Å². The van der Waals surface area contributed by atoms with Gasteiger partial charge in [-0.05, 0) is 135 Å². The Morgan fingerprint density at radius 1 is 0.306 bits per heavy atom. The molecule has 0 rings (SSSR count). The molecule has 0 aliphatic carbocycles.